The van der Waals surface area contributed by atoms with Crippen LogP contribution in [0.25, 0.3) is 0 Å². The molecule has 1 aromatic carbocycles. The van der Waals surface area contributed by atoms with E-state index in [0.717, 1.165) is 0 Å². The minimum Gasteiger partial charge on any atom is -0.462 e. The molecular weight excluding hydrogens is 461 g/mol. The number of benzene rings is 1. The van der Waals surface area contributed by atoms with Crippen molar-refractivity contribution >= 4 is 26.9 Å². The smallest absolute Gasteiger partial charge is 0.329 e. The lowest BCUT2D eigenvalue weighted by Crippen LogP contribution is -2.44. The molecule has 0 aromatic heterocycles. The summed E-state index contributed by atoms with van der Waals surface area (Å²) in [6, 6.07) is 7.84. The van der Waals surface area contributed by atoms with Crippen LogP contribution in [0.4, 0.5) is 4.79 Å². The Bertz CT molecular complexity index is 779. The summed E-state index contributed by atoms with van der Waals surface area (Å²) in [5.74, 6) is 0.167. The van der Waals surface area contributed by atoms with E-state index in [9.17, 15) is 14.4 Å². The summed E-state index contributed by atoms with van der Waals surface area (Å²) in [5, 5.41) is 5.15. The first-order valence-corrected chi connectivity index (χ1v) is 12.3. The molecule has 0 fully saturated rings. The fourth-order valence-electron chi connectivity index (χ4n) is 2.60. The van der Waals surface area contributed by atoms with Gasteiger partial charge in [-0.2, -0.15) is 0 Å². The van der Waals surface area contributed by atoms with E-state index in [1.54, 1.807) is 52.8 Å². The summed E-state index contributed by atoms with van der Waals surface area (Å²) in [6.45, 7) is 10.7. The summed E-state index contributed by atoms with van der Waals surface area (Å²) >= 11 is 0. The third-order valence-corrected chi connectivity index (χ3v) is 5.64. The molecule has 0 bridgehead atoms. The zero-order valence-electron chi connectivity index (χ0n) is 20.6. The predicted octanol–water partition coefficient (Wildman–Crippen LogP) is 4.08. The molecule has 0 saturated carbocycles. The van der Waals surface area contributed by atoms with Gasteiger partial charge < -0.3 is 18.5 Å². The van der Waals surface area contributed by atoms with Crippen LogP contribution in [-0.4, -0.2) is 54.4 Å². The topological polar surface area (TPSA) is 115 Å². The maximum Gasteiger partial charge on any atom is 0.329 e. The van der Waals surface area contributed by atoms with Crippen molar-refractivity contribution in [3.8, 4) is 5.75 Å². The molecule has 11 heteroatoms. The average molecular weight is 498 g/mol. The van der Waals surface area contributed by atoms with Crippen LogP contribution in [0.5, 0.6) is 5.75 Å². The van der Waals surface area contributed by atoms with E-state index < -0.39 is 38.9 Å². The lowest BCUT2D eigenvalue weighted by Gasteiger charge is -2.30. The van der Waals surface area contributed by atoms with Gasteiger partial charge >= 0.3 is 20.5 Å². The Morgan fingerprint density at radius 2 is 1.82 bits per heavy atom. The molecule has 0 aliphatic heterocycles. The summed E-state index contributed by atoms with van der Waals surface area (Å²) < 4.78 is 23.2. The highest BCUT2D eigenvalue weighted by molar-refractivity contribution is 7.45. The molecule has 4 unspecified atom stereocenters. The maximum absolute atomic E-state index is 12.3. The van der Waals surface area contributed by atoms with Crippen LogP contribution in [0.1, 0.15) is 48.0 Å². The number of urea groups is 1. The molecule has 0 aliphatic rings. The second kappa shape index (κ2) is 16.2. The highest BCUT2D eigenvalue weighted by atomic mass is 31.2. The molecule has 0 spiro atoms. The third kappa shape index (κ3) is 11.1. The van der Waals surface area contributed by atoms with E-state index in [-0.39, 0.29) is 12.7 Å². The van der Waals surface area contributed by atoms with Crippen molar-refractivity contribution < 1.29 is 32.9 Å². The van der Waals surface area contributed by atoms with Crippen LogP contribution < -0.4 is 14.9 Å². The fourth-order valence-corrected chi connectivity index (χ4v) is 3.82. The Labute approximate surface area is 202 Å². The number of esters is 1. The van der Waals surface area contributed by atoms with Gasteiger partial charge in [0.05, 0.1) is 18.8 Å². The van der Waals surface area contributed by atoms with Crippen molar-refractivity contribution in [2.24, 2.45) is 0 Å². The van der Waals surface area contributed by atoms with Crippen LogP contribution in [0.3, 0.4) is 0 Å². The van der Waals surface area contributed by atoms with E-state index in [1.807, 2.05) is 25.1 Å². The first kappa shape index (κ1) is 29.5. The molecule has 10 nitrogen and oxygen atoms in total. The number of hydrogen-bond donors (Lipinski definition) is 2. The van der Waals surface area contributed by atoms with Crippen LogP contribution in [0.2, 0.25) is 0 Å². The lowest BCUT2D eigenvalue weighted by molar-refractivity contribution is -0.149. The van der Waals surface area contributed by atoms with Gasteiger partial charge in [-0.1, -0.05) is 31.2 Å². The molecule has 1 rings (SSSR count). The standard InChI is InChI=1S/C23H36N3O7P/c1-7-14-26(23(29)24-16-27)19(6)32-20(8-2)15-30-34(33-21-12-10-9-11-13-21)25-18(5)22(28)31-17(3)4/h7,9-14,16-20,25H,8,15H2,1-6H3,(H,24,27,29)/b14-7-. The van der Waals surface area contributed by atoms with Gasteiger partial charge in [0.2, 0.25) is 6.41 Å². The number of amides is 3. The number of para-hydroxylation sites is 1. The predicted molar refractivity (Wildman–Crippen MR) is 130 cm³/mol. The summed E-state index contributed by atoms with van der Waals surface area (Å²) in [4.78, 5) is 36.3. The van der Waals surface area contributed by atoms with Crippen molar-refractivity contribution in [1.82, 2.24) is 15.3 Å². The molecule has 1 aromatic rings. The highest BCUT2D eigenvalue weighted by Gasteiger charge is 2.26. The SMILES string of the molecule is C/C=C\N(C(=O)NC=O)C(C)OC(CC)COP(NC(C)C(=O)OC(C)C)Oc1ccccc1. The quantitative estimate of drug-likeness (QED) is 0.161. The number of allylic oxidation sites excluding steroid dienone is 1. The van der Waals surface area contributed by atoms with E-state index in [4.69, 9.17) is 18.5 Å². The van der Waals surface area contributed by atoms with E-state index in [1.165, 1.54) is 11.1 Å². The van der Waals surface area contributed by atoms with Crippen molar-refractivity contribution in [1.29, 1.82) is 0 Å². The number of ether oxygens (including phenoxy) is 2. The van der Waals surface area contributed by atoms with Crippen molar-refractivity contribution in [2.45, 2.75) is 72.4 Å². The van der Waals surface area contributed by atoms with Gasteiger partial charge in [0.15, 0.2) is 0 Å². The summed E-state index contributed by atoms with van der Waals surface area (Å²) in [6.07, 6.45) is 2.78. The Kier molecular flexibility index (Phi) is 14.0. The van der Waals surface area contributed by atoms with Gasteiger partial charge in [-0.25, -0.2) is 9.88 Å². The first-order valence-electron chi connectivity index (χ1n) is 11.1. The number of hydrogen-bond acceptors (Lipinski definition) is 8. The molecule has 3 amide bonds. The molecule has 0 heterocycles. The van der Waals surface area contributed by atoms with Gasteiger partial charge in [0.1, 0.15) is 18.0 Å². The van der Waals surface area contributed by atoms with Gasteiger partial charge in [-0.05, 0) is 53.2 Å². The largest absolute Gasteiger partial charge is 0.462 e. The minimum absolute atomic E-state index is 0.136. The highest BCUT2D eigenvalue weighted by Crippen LogP contribution is 2.36. The Balaban J connectivity index is 2.84. The molecule has 4 atom stereocenters. The minimum atomic E-state index is -1.72. The van der Waals surface area contributed by atoms with Crippen LogP contribution in [0.15, 0.2) is 42.6 Å². The van der Waals surface area contributed by atoms with E-state index in [2.05, 4.69) is 10.4 Å². The van der Waals surface area contributed by atoms with Gasteiger partial charge in [-0.3, -0.25) is 19.8 Å². The average Bonchev–Trinajstić information content (AvgIpc) is 2.80. The van der Waals surface area contributed by atoms with Crippen molar-refractivity contribution in [3.05, 3.63) is 42.6 Å². The zero-order chi connectivity index (χ0) is 25.5. The van der Waals surface area contributed by atoms with Crippen molar-refractivity contribution in [3.63, 3.8) is 0 Å². The number of rotatable bonds is 15. The summed E-state index contributed by atoms with van der Waals surface area (Å²) in [7, 11) is -1.72. The first-order chi connectivity index (χ1) is 16.2. The number of nitrogens with zero attached hydrogens (tertiary/aromatic N) is 1. The lowest BCUT2D eigenvalue weighted by atomic mass is 10.3. The van der Waals surface area contributed by atoms with E-state index in [0.29, 0.717) is 18.6 Å². The molecule has 34 heavy (non-hydrogen) atoms. The molecular formula is C23H36N3O7P. The second-order valence-electron chi connectivity index (χ2n) is 7.52. The Hall–Kier alpha value is -2.52. The molecule has 0 aliphatic carbocycles. The Morgan fingerprint density at radius 3 is 2.38 bits per heavy atom. The fraction of sp³-hybridized carbons (Fsp3) is 0.522. The molecule has 190 valence electrons. The second-order valence-corrected chi connectivity index (χ2v) is 8.73. The van der Waals surface area contributed by atoms with Gasteiger partial charge in [-0.15, -0.1) is 0 Å². The number of nitrogens with one attached hydrogen (secondary N) is 2. The van der Waals surface area contributed by atoms with Crippen LogP contribution in [-0.2, 0) is 23.6 Å². The molecule has 0 radical (unpaired) electrons. The third-order valence-electron chi connectivity index (χ3n) is 4.28. The van der Waals surface area contributed by atoms with Crippen molar-refractivity contribution in [2.75, 3.05) is 6.61 Å². The molecule has 0 saturated heterocycles. The summed E-state index contributed by atoms with van der Waals surface area (Å²) in [5.41, 5.74) is 0. The van der Waals surface area contributed by atoms with E-state index >= 15 is 0 Å². The number of imide groups is 1. The maximum atomic E-state index is 12.3. The number of carbonyl (C=O) groups is 3. The normalized spacial score (nSPS) is 14.8. The number of carbonyl (C=O) groups excluding carboxylic acids is 3. The zero-order valence-corrected chi connectivity index (χ0v) is 21.5. The van der Waals surface area contributed by atoms with Crippen LogP contribution in [0, 0.1) is 0 Å². The van der Waals surface area contributed by atoms with Gasteiger partial charge in [0, 0.05) is 6.20 Å². The Morgan fingerprint density at radius 1 is 1.15 bits per heavy atom. The molecule has 2 N–H and O–H groups in total. The monoisotopic (exact) mass is 497 g/mol. The van der Waals surface area contributed by atoms with Crippen LogP contribution >= 0.6 is 8.53 Å². The van der Waals surface area contributed by atoms with Gasteiger partial charge in [0.25, 0.3) is 0 Å².